The van der Waals surface area contributed by atoms with Crippen LogP contribution in [0.15, 0.2) is 24.3 Å². The molecule has 0 aromatic heterocycles. The summed E-state index contributed by atoms with van der Waals surface area (Å²) < 4.78 is 0. The molecule has 1 fully saturated rings. The first kappa shape index (κ1) is 12.0. The van der Waals surface area contributed by atoms with Crippen molar-refractivity contribution in [2.45, 2.75) is 18.3 Å². The third kappa shape index (κ3) is 2.13. The number of benzene rings is 1. The van der Waals surface area contributed by atoms with Crippen LogP contribution >= 0.6 is 12.4 Å². The summed E-state index contributed by atoms with van der Waals surface area (Å²) in [4.78, 5) is 10.8. The molecule has 1 aliphatic carbocycles. The summed E-state index contributed by atoms with van der Waals surface area (Å²) in [5, 5.41) is 8.84. The average molecular weight is 228 g/mol. The van der Waals surface area contributed by atoms with E-state index in [1.807, 2.05) is 6.07 Å². The predicted octanol–water partition coefficient (Wildman–Crippen LogP) is 1.80. The Labute approximate surface area is 94.7 Å². The number of carboxylic acids is 1. The molecule has 3 N–H and O–H groups in total. The minimum absolute atomic E-state index is 0. The van der Waals surface area contributed by atoms with Crippen LogP contribution in [0.2, 0.25) is 0 Å². The Kier molecular flexibility index (Phi) is 3.37. The number of nitrogens with two attached hydrogens (primary N) is 1. The summed E-state index contributed by atoms with van der Waals surface area (Å²) in [5.74, 6) is -0.875. The Morgan fingerprint density at radius 1 is 1.47 bits per heavy atom. The van der Waals surface area contributed by atoms with E-state index in [9.17, 15) is 4.79 Å². The van der Waals surface area contributed by atoms with Gasteiger partial charge in [0, 0.05) is 12.0 Å². The van der Waals surface area contributed by atoms with E-state index in [1.165, 1.54) is 0 Å². The molecule has 1 saturated carbocycles. The van der Waals surface area contributed by atoms with Gasteiger partial charge in [-0.05, 0) is 30.5 Å². The van der Waals surface area contributed by atoms with Gasteiger partial charge in [0.15, 0.2) is 0 Å². The number of hydrogen-bond donors (Lipinski definition) is 2. The molecule has 1 aliphatic rings. The summed E-state index contributed by atoms with van der Waals surface area (Å²) in [7, 11) is 0. The van der Waals surface area contributed by atoms with Crippen molar-refractivity contribution in [3.8, 4) is 0 Å². The molecular weight excluding hydrogens is 214 g/mol. The summed E-state index contributed by atoms with van der Waals surface area (Å²) >= 11 is 0. The van der Waals surface area contributed by atoms with Crippen LogP contribution in [0, 0.1) is 0 Å². The van der Waals surface area contributed by atoms with Crippen molar-refractivity contribution in [2.24, 2.45) is 5.73 Å². The lowest BCUT2D eigenvalue weighted by Crippen LogP contribution is -2.20. The van der Waals surface area contributed by atoms with Crippen LogP contribution in [0.5, 0.6) is 0 Å². The SMILES string of the molecule is Cl.NCC1(c2cccc(C(=O)O)c2)CC1. The fraction of sp³-hybridized carbons (Fsp3) is 0.364. The van der Waals surface area contributed by atoms with Crippen LogP contribution < -0.4 is 5.73 Å². The lowest BCUT2D eigenvalue weighted by atomic mass is 9.94. The summed E-state index contributed by atoms with van der Waals surface area (Å²) in [6, 6.07) is 7.10. The molecule has 82 valence electrons. The Morgan fingerprint density at radius 2 is 2.13 bits per heavy atom. The number of aromatic carboxylic acids is 1. The molecule has 0 atom stereocenters. The Hall–Kier alpha value is -1.06. The number of carbonyl (C=O) groups is 1. The number of rotatable bonds is 3. The first-order valence-electron chi connectivity index (χ1n) is 4.72. The second-order valence-corrected chi connectivity index (χ2v) is 3.87. The molecule has 0 spiro atoms. The average Bonchev–Trinajstić information content (AvgIpc) is 2.98. The highest BCUT2D eigenvalue weighted by Crippen LogP contribution is 2.47. The molecule has 3 nitrogen and oxygen atoms in total. The Bertz CT molecular complexity index is 375. The minimum atomic E-state index is -0.875. The Morgan fingerprint density at radius 3 is 2.60 bits per heavy atom. The first-order valence-corrected chi connectivity index (χ1v) is 4.72. The van der Waals surface area contributed by atoms with E-state index in [2.05, 4.69) is 0 Å². The normalized spacial score (nSPS) is 16.6. The maximum Gasteiger partial charge on any atom is 0.335 e. The van der Waals surface area contributed by atoms with Gasteiger partial charge in [0.2, 0.25) is 0 Å². The zero-order valence-corrected chi connectivity index (χ0v) is 9.09. The van der Waals surface area contributed by atoms with Crippen molar-refractivity contribution in [2.75, 3.05) is 6.54 Å². The lowest BCUT2D eigenvalue weighted by Gasteiger charge is -2.12. The summed E-state index contributed by atoms with van der Waals surface area (Å²) in [6.45, 7) is 0.607. The first-order chi connectivity index (χ1) is 6.68. The molecule has 0 unspecified atom stereocenters. The minimum Gasteiger partial charge on any atom is -0.478 e. The molecule has 1 aromatic carbocycles. The highest BCUT2D eigenvalue weighted by molar-refractivity contribution is 5.87. The molecule has 1 aromatic rings. The van der Waals surface area contributed by atoms with Crippen LogP contribution in [-0.2, 0) is 5.41 Å². The summed E-state index contributed by atoms with van der Waals surface area (Å²) in [6.07, 6.45) is 2.15. The Balaban J connectivity index is 0.00000112. The smallest absolute Gasteiger partial charge is 0.335 e. The molecule has 0 radical (unpaired) electrons. The molecule has 0 amide bonds. The molecule has 0 saturated heterocycles. The van der Waals surface area contributed by atoms with Crippen LogP contribution in [-0.4, -0.2) is 17.6 Å². The van der Waals surface area contributed by atoms with Gasteiger partial charge >= 0.3 is 5.97 Å². The fourth-order valence-corrected chi connectivity index (χ4v) is 1.74. The third-order valence-corrected chi connectivity index (χ3v) is 2.97. The van der Waals surface area contributed by atoms with E-state index < -0.39 is 5.97 Å². The second kappa shape index (κ2) is 4.21. The van der Waals surface area contributed by atoms with Gasteiger partial charge in [-0.2, -0.15) is 0 Å². The standard InChI is InChI=1S/C11H13NO2.ClH/c12-7-11(4-5-11)9-3-1-2-8(6-9)10(13)14;/h1-3,6H,4-5,7,12H2,(H,13,14);1H. The highest BCUT2D eigenvalue weighted by atomic mass is 35.5. The quantitative estimate of drug-likeness (QED) is 0.828. The van der Waals surface area contributed by atoms with Crippen LogP contribution in [0.1, 0.15) is 28.8 Å². The van der Waals surface area contributed by atoms with Crippen LogP contribution in [0.3, 0.4) is 0 Å². The van der Waals surface area contributed by atoms with Gasteiger partial charge in [0.05, 0.1) is 5.56 Å². The van der Waals surface area contributed by atoms with Crippen molar-refractivity contribution in [3.63, 3.8) is 0 Å². The zero-order valence-electron chi connectivity index (χ0n) is 8.27. The molecule has 15 heavy (non-hydrogen) atoms. The third-order valence-electron chi connectivity index (χ3n) is 2.97. The molecule has 2 rings (SSSR count). The number of halogens is 1. The fourth-order valence-electron chi connectivity index (χ4n) is 1.74. The molecule has 0 aliphatic heterocycles. The maximum absolute atomic E-state index is 10.8. The lowest BCUT2D eigenvalue weighted by molar-refractivity contribution is 0.0696. The van der Waals surface area contributed by atoms with E-state index in [0.29, 0.717) is 12.1 Å². The van der Waals surface area contributed by atoms with Crippen molar-refractivity contribution >= 4 is 18.4 Å². The molecule has 0 heterocycles. The van der Waals surface area contributed by atoms with Gasteiger partial charge in [0.1, 0.15) is 0 Å². The van der Waals surface area contributed by atoms with Crippen molar-refractivity contribution in [3.05, 3.63) is 35.4 Å². The molecular formula is C11H14ClNO2. The van der Waals surface area contributed by atoms with E-state index in [1.54, 1.807) is 18.2 Å². The van der Waals surface area contributed by atoms with E-state index in [4.69, 9.17) is 10.8 Å². The zero-order chi connectivity index (χ0) is 10.2. The largest absolute Gasteiger partial charge is 0.478 e. The van der Waals surface area contributed by atoms with Gasteiger partial charge in [-0.15, -0.1) is 12.4 Å². The van der Waals surface area contributed by atoms with Gasteiger partial charge in [-0.3, -0.25) is 0 Å². The highest BCUT2D eigenvalue weighted by Gasteiger charge is 2.42. The van der Waals surface area contributed by atoms with Gasteiger partial charge < -0.3 is 10.8 Å². The van der Waals surface area contributed by atoms with Crippen molar-refractivity contribution in [1.29, 1.82) is 0 Å². The predicted molar refractivity (Wildman–Crippen MR) is 60.6 cm³/mol. The van der Waals surface area contributed by atoms with Crippen molar-refractivity contribution < 1.29 is 9.90 Å². The monoisotopic (exact) mass is 227 g/mol. The maximum atomic E-state index is 10.8. The van der Waals surface area contributed by atoms with Gasteiger partial charge in [-0.25, -0.2) is 4.79 Å². The van der Waals surface area contributed by atoms with Crippen molar-refractivity contribution in [1.82, 2.24) is 0 Å². The van der Waals surface area contributed by atoms with Gasteiger partial charge in [-0.1, -0.05) is 12.1 Å². The second-order valence-electron chi connectivity index (χ2n) is 3.87. The van der Waals surface area contributed by atoms with Gasteiger partial charge in [0.25, 0.3) is 0 Å². The topological polar surface area (TPSA) is 63.3 Å². The van der Waals surface area contributed by atoms with E-state index in [0.717, 1.165) is 18.4 Å². The van der Waals surface area contributed by atoms with E-state index in [-0.39, 0.29) is 17.8 Å². The molecule has 0 bridgehead atoms. The van der Waals surface area contributed by atoms with Crippen LogP contribution in [0.25, 0.3) is 0 Å². The number of hydrogen-bond acceptors (Lipinski definition) is 2. The number of carboxylic acid groups (broad SMARTS) is 1. The van der Waals surface area contributed by atoms with Crippen LogP contribution in [0.4, 0.5) is 0 Å². The molecule has 4 heteroatoms. The van der Waals surface area contributed by atoms with E-state index >= 15 is 0 Å². The summed E-state index contributed by atoms with van der Waals surface area (Å²) in [5.41, 5.74) is 7.17.